The Morgan fingerprint density at radius 1 is 1.13 bits per heavy atom. The van der Waals surface area contributed by atoms with E-state index in [4.69, 9.17) is 0 Å². The van der Waals surface area contributed by atoms with Crippen molar-refractivity contribution in [3.8, 4) is 0 Å². The number of amides is 1. The Balaban J connectivity index is 2.38. The maximum absolute atomic E-state index is 13.8. The van der Waals surface area contributed by atoms with Crippen LogP contribution in [0, 0.1) is 15.2 Å². The predicted molar refractivity (Wildman–Crippen MR) is 92.5 cm³/mol. The van der Waals surface area contributed by atoms with Gasteiger partial charge in [0.15, 0.2) is 0 Å². The van der Waals surface area contributed by atoms with Gasteiger partial charge in [-0.25, -0.2) is 13.6 Å². The van der Waals surface area contributed by atoms with Crippen molar-refractivity contribution in [2.45, 2.75) is 0 Å². The molecule has 0 radical (unpaired) electrons. The molecule has 0 bridgehead atoms. The van der Waals surface area contributed by atoms with E-state index in [1.165, 1.54) is 0 Å². The Morgan fingerprint density at radius 2 is 1.83 bits per heavy atom. The van der Waals surface area contributed by atoms with Crippen molar-refractivity contribution in [3.05, 3.63) is 61.1 Å². The number of hydrogen-bond acceptors (Lipinski definition) is 3. The number of halogens is 4. The SMILES string of the molecule is COC(=O)c1cc(NC(=O)c2cc(Br)ccc2I)c(F)cc1F. The van der Waals surface area contributed by atoms with Crippen LogP contribution < -0.4 is 5.32 Å². The molecule has 2 aromatic carbocycles. The number of rotatable bonds is 3. The highest BCUT2D eigenvalue weighted by atomic mass is 127. The van der Waals surface area contributed by atoms with E-state index >= 15 is 0 Å². The minimum atomic E-state index is -1.07. The Hall–Kier alpha value is -1.55. The maximum Gasteiger partial charge on any atom is 0.340 e. The van der Waals surface area contributed by atoms with Gasteiger partial charge in [0.25, 0.3) is 5.91 Å². The number of esters is 1. The number of methoxy groups -OCH3 is 1. The lowest BCUT2D eigenvalue weighted by Crippen LogP contribution is -2.16. The minimum Gasteiger partial charge on any atom is -0.465 e. The molecule has 1 N–H and O–H groups in total. The van der Waals surface area contributed by atoms with E-state index < -0.39 is 29.1 Å². The van der Waals surface area contributed by atoms with Crippen LogP contribution in [-0.4, -0.2) is 19.0 Å². The van der Waals surface area contributed by atoms with Gasteiger partial charge in [0.05, 0.1) is 23.9 Å². The fraction of sp³-hybridized carbons (Fsp3) is 0.0667. The highest BCUT2D eigenvalue weighted by Gasteiger charge is 2.19. The van der Waals surface area contributed by atoms with Crippen LogP contribution in [0.25, 0.3) is 0 Å². The van der Waals surface area contributed by atoms with Crippen LogP contribution in [0.5, 0.6) is 0 Å². The second-order valence-corrected chi connectivity index (χ2v) is 6.46. The standard InChI is InChI=1S/C15H9BrF2INO3/c1-23-15(22)8-5-13(11(18)6-10(8)17)20-14(21)9-4-7(16)2-3-12(9)19/h2-6H,1H3,(H,20,21). The van der Waals surface area contributed by atoms with Crippen LogP contribution >= 0.6 is 38.5 Å². The molecule has 0 aliphatic rings. The molecular formula is C15H9BrF2INO3. The van der Waals surface area contributed by atoms with Crippen molar-refractivity contribution in [1.29, 1.82) is 0 Å². The zero-order valence-electron chi connectivity index (χ0n) is 11.6. The van der Waals surface area contributed by atoms with Crippen molar-refractivity contribution in [1.82, 2.24) is 0 Å². The number of anilines is 1. The number of hydrogen-bond donors (Lipinski definition) is 1. The number of benzene rings is 2. The van der Waals surface area contributed by atoms with Gasteiger partial charge in [-0.3, -0.25) is 4.79 Å². The van der Waals surface area contributed by atoms with Crippen LogP contribution in [0.3, 0.4) is 0 Å². The molecule has 2 aromatic rings. The van der Waals surface area contributed by atoms with E-state index in [1.807, 2.05) is 22.6 Å². The van der Waals surface area contributed by atoms with Gasteiger partial charge in [0.2, 0.25) is 0 Å². The smallest absolute Gasteiger partial charge is 0.340 e. The molecule has 120 valence electrons. The summed E-state index contributed by atoms with van der Waals surface area (Å²) in [6.45, 7) is 0. The first kappa shape index (κ1) is 17.8. The van der Waals surface area contributed by atoms with Crippen molar-refractivity contribution >= 4 is 56.1 Å². The van der Waals surface area contributed by atoms with Crippen LogP contribution in [-0.2, 0) is 4.74 Å². The van der Waals surface area contributed by atoms with Gasteiger partial charge in [-0.05, 0) is 46.9 Å². The van der Waals surface area contributed by atoms with E-state index in [-0.39, 0.29) is 5.69 Å². The maximum atomic E-state index is 13.8. The van der Waals surface area contributed by atoms with E-state index in [2.05, 4.69) is 26.0 Å². The van der Waals surface area contributed by atoms with Crippen LogP contribution in [0.15, 0.2) is 34.8 Å². The highest BCUT2D eigenvalue weighted by Crippen LogP contribution is 2.23. The molecule has 1 amide bonds. The quantitative estimate of drug-likeness (QED) is 0.508. The second-order valence-electron chi connectivity index (χ2n) is 4.38. The lowest BCUT2D eigenvalue weighted by atomic mass is 10.1. The molecular weight excluding hydrogens is 487 g/mol. The van der Waals surface area contributed by atoms with Gasteiger partial charge in [0.1, 0.15) is 11.6 Å². The first-order valence-electron chi connectivity index (χ1n) is 6.17. The minimum absolute atomic E-state index is 0.309. The van der Waals surface area contributed by atoms with Crippen molar-refractivity contribution in [2.75, 3.05) is 12.4 Å². The number of carbonyl (C=O) groups excluding carboxylic acids is 2. The Kier molecular flexibility index (Phi) is 5.69. The summed E-state index contributed by atoms with van der Waals surface area (Å²) in [5.74, 6) is -3.61. The van der Waals surface area contributed by atoms with Crippen LogP contribution in [0.4, 0.5) is 14.5 Å². The topological polar surface area (TPSA) is 55.4 Å². The zero-order chi connectivity index (χ0) is 17.1. The molecule has 0 atom stereocenters. The summed E-state index contributed by atoms with van der Waals surface area (Å²) in [5, 5.41) is 2.33. The Morgan fingerprint density at radius 3 is 2.48 bits per heavy atom. The van der Waals surface area contributed by atoms with Gasteiger partial charge in [0, 0.05) is 14.1 Å². The predicted octanol–water partition coefficient (Wildman–Crippen LogP) is 4.37. The van der Waals surface area contributed by atoms with Gasteiger partial charge in [-0.1, -0.05) is 15.9 Å². The average Bonchev–Trinajstić information content (AvgIpc) is 2.51. The summed E-state index contributed by atoms with van der Waals surface area (Å²) in [7, 11) is 1.08. The van der Waals surface area contributed by atoms with Gasteiger partial charge in [-0.2, -0.15) is 0 Å². The van der Waals surface area contributed by atoms with Gasteiger partial charge < -0.3 is 10.1 Å². The zero-order valence-corrected chi connectivity index (χ0v) is 15.4. The lowest BCUT2D eigenvalue weighted by molar-refractivity contribution is 0.0595. The molecule has 0 aliphatic heterocycles. The molecule has 0 heterocycles. The number of carbonyl (C=O) groups is 2. The molecule has 0 saturated carbocycles. The summed E-state index contributed by atoms with van der Waals surface area (Å²) < 4.78 is 33.2. The van der Waals surface area contributed by atoms with Crippen molar-refractivity contribution < 1.29 is 23.1 Å². The van der Waals surface area contributed by atoms with E-state index in [0.29, 0.717) is 19.7 Å². The summed E-state index contributed by atoms with van der Waals surface area (Å²) in [6, 6.07) is 6.46. The third-order valence-corrected chi connectivity index (χ3v) is 4.32. The van der Waals surface area contributed by atoms with Gasteiger partial charge >= 0.3 is 5.97 Å². The van der Waals surface area contributed by atoms with Crippen LogP contribution in [0.1, 0.15) is 20.7 Å². The van der Waals surface area contributed by atoms with Crippen molar-refractivity contribution in [3.63, 3.8) is 0 Å². The van der Waals surface area contributed by atoms with Gasteiger partial charge in [-0.15, -0.1) is 0 Å². The molecule has 8 heteroatoms. The summed E-state index contributed by atoms with van der Waals surface area (Å²) >= 11 is 5.21. The van der Waals surface area contributed by atoms with E-state index in [9.17, 15) is 18.4 Å². The Labute approximate surface area is 152 Å². The fourth-order valence-corrected chi connectivity index (χ4v) is 2.71. The van der Waals surface area contributed by atoms with Crippen molar-refractivity contribution in [2.24, 2.45) is 0 Å². The molecule has 4 nitrogen and oxygen atoms in total. The Bertz CT molecular complexity index is 799. The molecule has 2 rings (SSSR count). The van der Waals surface area contributed by atoms with Crippen LogP contribution in [0.2, 0.25) is 0 Å². The summed E-state index contributed by atoms with van der Waals surface area (Å²) in [6.07, 6.45) is 0. The molecule has 0 aliphatic carbocycles. The van der Waals surface area contributed by atoms with E-state index in [0.717, 1.165) is 13.2 Å². The third kappa shape index (κ3) is 4.05. The molecule has 0 aromatic heterocycles. The highest BCUT2D eigenvalue weighted by molar-refractivity contribution is 14.1. The third-order valence-electron chi connectivity index (χ3n) is 2.88. The lowest BCUT2D eigenvalue weighted by Gasteiger charge is -2.10. The molecule has 0 unspecified atom stereocenters. The molecule has 0 saturated heterocycles. The monoisotopic (exact) mass is 495 g/mol. The number of nitrogens with one attached hydrogen (secondary N) is 1. The molecule has 23 heavy (non-hydrogen) atoms. The fourth-order valence-electron chi connectivity index (χ4n) is 1.77. The second kappa shape index (κ2) is 7.35. The summed E-state index contributed by atoms with van der Waals surface area (Å²) in [4.78, 5) is 23.7. The average molecular weight is 496 g/mol. The first-order valence-corrected chi connectivity index (χ1v) is 8.04. The molecule has 0 fully saturated rings. The largest absolute Gasteiger partial charge is 0.465 e. The van der Waals surface area contributed by atoms with E-state index in [1.54, 1.807) is 18.2 Å². The molecule has 0 spiro atoms. The normalized spacial score (nSPS) is 10.3. The number of ether oxygens (including phenoxy) is 1. The summed E-state index contributed by atoms with van der Waals surface area (Å²) in [5.41, 5.74) is -0.468. The first-order chi connectivity index (χ1) is 10.8.